The van der Waals surface area contributed by atoms with Gasteiger partial charge in [0.1, 0.15) is 0 Å². The standard InChI is InChI=1S/C9H14N2OS/c1-2-4-8-10-9(11-12-8)7-5-3-6-13-7/h7H,2-6H2,1H3. The zero-order chi connectivity index (χ0) is 9.10. The van der Waals surface area contributed by atoms with E-state index in [-0.39, 0.29) is 0 Å². The van der Waals surface area contributed by atoms with Crippen LogP contribution in [0, 0.1) is 0 Å². The minimum Gasteiger partial charge on any atom is -0.339 e. The van der Waals surface area contributed by atoms with Crippen molar-refractivity contribution in [2.24, 2.45) is 0 Å². The number of rotatable bonds is 3. The van der Waals surface area contributed by atoms with Crippen molar-refractivity contribution in [2.45, 2.75) is 37.9 Å². The average Bonchev–Trinajstić information content (AvgIpc) is 2.70. The Bertz CT molecular complexity index is 268. The van der Waals surface area contributed by atoms with Crippen molar-refractivity contribution in [1.82, 2.24) is 10.1 Å². The number of hydrogen-bond acceptors (Lipinski definition) is 4. The first kappa shape index (κ1) is 9.06. The Morgan fingerprint density at radius 1 is 1.62 bits per heavy atom. The molecule has 1 aromatic heterocycles. The van der Waals surface area contributed by atoms with Crippen molar-refractivity contribution < 1.29 is 4.52 Å². The predicted octanol–water partition coefficient (Wildman–Crippen LogP) is 2.59. The number of thioether (sulfide) groups is 1. The number of nitrogens with zero attached hydrogens (tertiary/aromatic N) is 2. The smallest absolute Gasteiger partial charge is 0.226 e. The van der Waals surface area contributed by atoms with Gasteiger partial charge in [-0.15, -0.1) is 0 Å². The molecule has 2 heterocycles. The second-order valence-corrected chi connectivity index (χ2v) is 4.61. The second-order valence-electron chi connectivity index (χ2n) is 3.30. The van der Waals surface area contributed by atoms with Gasteiger partial charge in [-0.25, -0.2) is 0 Å². The van der Waals surface area contributed by atoms with Crippen LogP contribution in [0.1, 0.15) is 43.2 Å². The highest BCUT2D eigenvalue weighted by atomic mass is 32.2. The van der Waals surface area contributed by atoms with Crippen LogP contribution < -0.4 is 0 Å². The maximum Gasteiger partial charge on any atom is 0.226 e. The zero-order valence-electron chi connectivity index (χ0n) is 7.82. The van der Waals surface area contributed by atoms with Gasteiger partial charge in [0.05, 0.1) is 5.25 Å². The molecule has 72 valence electrons. The Kier molecular flexibility index (Phi) is 2.88. The molecule has 1 aliphatic rings. The lowest BCUT2D eigenvalue weighted by Gasteiger charge is -1.98. The average molecular weight is 198 g/mol. The number of hydrogen-bond donors (Lipinski definition) is 0. The topological polar surface area (TPSA) is 38.9 Å². The van der Waals surface area contributed by atoms with Crippen LogP contribution in [0.3, 0.4) is 0 Å². The van der Waals surface area contributed by atoms with Crippen LogP contribution in [0.15, 0.2) is 4.52 Å². The third-order valence-corrected chi connectivity index (χ3v) is 3.54. The highest BCUT2D eigenvalue weighted by molar-refractivity contribution is 7.99. The maximum absolute atomic E-state index is 5.14. The molecule has 1 aromatic rings. The van der Waals surface area contributed by atoms with Crippen LogP contribution in [0.25, 0.3) is 0 Å². The van der Waals surface area contributed by atoms with Crippen LogP contribution in [0.4, 0.5) is 0 Å². The molecule has 0 bridgehead atoms. The van der Waals surface area contributed by atoms with E-state index >= 15 is 0 Å². The van der Waals surface area contributed by atoms with E-state index in [0.717, 1.165) is 24.6 Å². The summed E-state index contributed by atoms with van der Waals surface area (Å²) in [7, 11) is 0. The first-order chi connectivity index (χ1) is 6.40. The van der Waals surface area contributed by atoms with Crippen molar-refractivity contribution in [3.63, 3.8) is 0 Å². The fourth-order valence-corrected chi connectivity index (χ4v) is 2.69. The Labute approximate surface area is 82.3 Å². The third-order valence-electron chi connectivity index (χ3n) is 2.17. The van der Waals surface area contributed by atoms with Crippen LogP contribution >= 0.6 is 11.8 Å². The lowest BCUT2D eigenvalue weighted by atomic mass is 10.2. The van der Waals surface area contributed by atoms with Crippen molar-refractivity contribution >= 4 is 11.8 Å². The minimum absolute atomic E-state index is 0.495. The molecule has 0 saturated carbocycles. The summed E-state index contributed by atoms with van der Waals surface area (Å²) >= 11 is 1.94. The summed E-state index contributed by atoms with van der Waals surface area (Å²) in [4.78, 5) is 4.38. The molecule has 0 N–H and O–H groups in total. The van der Waals surface area contributed by atoms with E-state index in [9.17, 15) is 0 Å². The molecule has 1 atom stereocenters. The summed E-state index contributed by atoms with van der Waals surface area (Å²) in [5, 5.41) is 4.50. The molecule has 13 heavy (non-hydrogen) atoms. The SMILES string of the molecule is CCCc1nc(C2CCCS2)no1. The van der Waals surface area contributed by atoms with Gasteiger partial charge in [0.25, 0.3) is 0 Å². The van der Waals surface area contributed by atoms with E-state index in [1.807, 2.05) is 11.8 Å². The quantitative estimate of drug-likeness (QED) is 0.748. The van der Waals surface area contributed by atoms with Gasteiger partial charge in [-0.2, -0.15) is 16.7 Å². The molecule has 1 unspecified atom stereocenters. The lowest BCUT2D eigenvalue weighted by molar-refractivity contribution is 0.371. The first-order valence-corrected chi connectivity index (χ1v) is 5.89. The normalized spacial score (nSPS) is 22.4. The van der Waals surface area contributed by atoms with Crippen molar-refractivity contribution in [3.8, 4) is 0 Å². The van der Waals surface area contributed by atoms with Crippen LogP contribution in [-0.2, 0) is 6.42 Å². The van der Waals surface area contributed by atoms with Gasteiger partial charge in [0, 0.05) is 6.42 Å². The lowest BCUT2D eigenvalue weighted by Crippen LogP contribution is -1.91. The molecule has 1 aliphatic heterocycles. The van der Waals surface area contributed by atoms with Gasteiger partial charge in [-0.3, -0.25) is 0 Å². The monoisotopic (exact) mass is 198 g/mol. The highest BCUT2D eigenvalue weighted by Crippen LogP contribution is 2.38. The molecular weight excluding hydrogens is 184 g/mol. The maximum atomic E-state index is 5.14. The molecule has 0 amide bonds. The summed E-state index contributed by atoms with van der Waals surface area (Å²) in [5.74, 6) is 2.94. The van der Waals surface area contributed by atoms with Crippen LogP contribution in [0.5, 0.6) is 0 Å². The summed E-state index contributed by atoms with van der Waals surface area (Å²) in [5.41, 5.74) is 0. The predicted molar refractivity (Wildman–Crippen MR) is 52.7 cm³/mol. The van der Waals surface area contributed by atoms with Gasteiger partial charge in [-0.1, -0.05) is 12.1 Å². The first-order valence-electron chi connectivity index (χ1n) is 4.84. The summed E-state index contributed by atoms with van der Waals surface area (Å²) in [6.45, 7) is 2.12. The van der Waals surface area contributed by atoms with E-state index in [1.165, 1.54) is 18.6 Å². The number of aryl methyl sites for hydroxylation is 1. The van der Waals surface area contributed by atoms with E-state index in [4.69, 9.17) is 4.52 Å². The Morgan fingerprint density at radius 2 is 2.54 bits per heavy atom. The molecule has 0 spiro atoms. The number of aromatic nitrogens is 2. The van der Waals surface area contributed by atoms with Crippen molar-refractivity contribution in [2.75, 3.05) is 5.75 Å². The molecular formula is C9H14N2OS. The van der Waals surface area contributed by atoms with Gasteiger partial charge >= 0.3 is 0 Å². The van der Waals surface area contributed by atoms with E-state index in [1.54, 1.807) is 0 Å². The molecule has 2 rings (SSSR count). The molecule has 1 saturated heterocycles. The summed E-state index contributed by atoms with van der Waals surface area (Å²) in [6, 6.07) is 0. The van der Waals surface area contributed by atoms with Crippen LogP contribution in [-0.4, -0.2) is 15.9 Å². The Balaban J connectivity index is 2.03. The minimum atomic E-state index is 0.495. The Hall–Kier alpha value is -0.510. The molecule has 0 aromatic carbocycles. The Morgan fingerprint density at radius 3 is 3.23 bits per heavy atom. The van der Waals surface area contributed by atoms with E-state index in [2.05, 4.69) is 17.1 Å². The second kappa shape index (κ2) is 4.13. The van der Waals surface area contributed by atoms with Gasteiger partial charge in [-0.05, 0) is 25.0 Å². The zero-order valence-corrected chi connectivity index (χ0v) is 8.64. The molecule has 1 fully saturated rings. The van der Waals surface area contributed by atoms with Crippen LogP contribution in [0.2, 0.25) is 0 Å². The van der Waals surface area contributed by atoms with Crippen molar-refractivity contribution in [1.29, 1.82) is 0 Å². The largest absolute Gasteiger partial charge is 0.339 e. The highest BCUT2D eigenvalue weighted by Gasteiger charge is 2.22. The fourth-order valence-electron chi connectivity index (χ4n) is 1.50. The van der Waals surface area contributed by atoms with E-state index < -0.39 is 0 Å². The molecule has 0 aliphatic carbocycles. The molecule has 3 nitrogen and oxygen atoms in total. The molecule has 0 radical (unpaired) electrons. The summed E-state index contributed by atoms with van der Waals surface area (Å²) < 4.78 is 5.14. The molecule has 4 heteroatoms. The fraction of sp³-hybridized carbons (Fsp3) is 0.778. The van der Waals surface area contributed by atoms with Crippen molar-refractivity contribution in [3.05, 3.63) is 11.7 Å². The van der Waals surface area contributed by atoms with Gasteiger partial charge < -0.3 is 4.52 Å². The summed E-state index contributed by atoms with van der Waals surface area (Å²) in [6.07, 6.45) is 4.46. The van der Waals surface area contributed by atoms with Gasteiger partial charge in [0.15, 0.2) is 5.82 Å². The van der Waals surface area contributed by atoms with E-state index in [0.29, 0.717) is 5.25 Å². The van der Waals surface area contributed by atoms with Gasteiger partial charge in [0.2, 0.25) is 5.89 Å². The third kappa shape index (κ3) is 2.05.